The second-order valence-electron chi connectivity index (χ2n) is 5.91. The highest BCUT2D eigenvalue weighted by atomic mass is 16.5. The predicted octanol–water partition coefficient (Wildman–Crippen LogP) is 3.85. The molecule has 0 spiro atoms. The summed E-state index contributed by atoms with van der Waals surface area (Å²) < 4.78 is 11.0. The first-order chi connectivity index (χ1) is 11.3. The molecule has 1 aliphatic heterocycles. The van der Waals surface area contributed by atoms with Gasteiger partial charge < -0.3 is 20.1 Å². The van der Waals surface area contributed by atoms with E-state index in [9.17, 15) is 0 Å². The highest BCUT2D eigenvalue weighted by Gasteiger charge is 2.13. The molecule has 2 N–H and O–H groups in total. The van der Waals surface area contributed by atoms with Crippen molar-refractivity contribution in [1.29, 1.82) is 0 Å². The third kappa shape index (κ3) is 3.89. The first kappa shape index (κ1) is 15.5. The predicted molar refractivity (Wildman–Crippen MR) is 94.2 cm³/mol. The molecule has 1 aliphatic rings. The fourth-order valence-electron chi connectivity index (χ4n) is 2.93. The van der Waals surface area contributed by atoms with Crippen LogP contribution >= 0.6 is 0 Å². The SMILES string of the molecule is COc1ccc(COc2ccc(N3CCCCC3)c(N)c2)cc1. The van der Waals surface area contributed by atoms with Gasteiger partial charge in [0.25, 0.3) is 0 Å². The molecule has 122 valence electrons. The molecule has 0 aliphatic carbocycles. The van der Waals surface area contributed by atoms with Crippen LogP contribution in [-0.4, -0.2) is 20.2 Å². The van der Waals surface area contributed by atoms with Gasteiger partial charge in [0.05, 0.1) is 18.5 Å². The van der Waals surface area contributed by atoms with Gasteiger partial charge in [0.2, 0.25) is 0 Å². The number of nitrogens with zero attached hydrogens (tertiary/aromatic N) is 1. The molecule has 0 bridgehead atoms. The molecule has 0 saturated carbocycles. The Morgan fingerprint density at radius 1 is 0.957 bits per heavy atom. The van der Waals surface area contributed by atoms with Crippen molar-refractivity contribution in [2.75, 3.05) is 30.8 Å². The van der Waals surface area contributed by atoms with Gasteiger partial charge in [-0.1, -0.05) is 12.1 Å². The number of hydrogen-bond donors (Lipinski definition) is 1. The minimum Gasteiger partial charge on any atom is -0.497 e. The lowest BCUT2D eigenvalue weighted by Crippen LogP contribution is -2.29. The van der Waals surface area contributed by atoms with Gasteiger partial charge in [-0.2, -0.15) is 0 Å². The summed E-state index contributed by atoms with van der Waals surface area (Å²) in [6.45, 7) is 2.71. The Morgan fingerprint density at radius 3 is 2.30 bits per heavy atom. The molecule has 0 amide bonds. The summed E-state index contributed by atoms with van der Waals surface area (Å²) in [5, 5.41) is 0. The minimum absolute atomic E-state index is 0.520. The van der Waals surface area contributed by atoms with Crippen LogP contribution in [0.4, 0.5) is 11.4 Å². The van der Waals surface area contributed by atoms with E-state index in [1.165, 1.54) is 19.3 Å². The smallest absolute Gasteiger partial charge is 0.122 e. The molecule has 23 heavy (non-hydrogen) atoms. The van der Waals surface area contributed by atoms with Crippen molar-refractivity contribution >= 4 is 11.4 Å². The van der Waals surface area contributed by atoms with Crippen LogP contribution < -0.4 is 20.1 Å². The minimum atomic E-state index is 0.520. The number of rotatable bonds is 5. The molecule has 1 heterocycles. The van der Waals surface area contributed by atoms with Crippen LogP contribution in [0, 0.1) is 0 Å². The Bertz CT molecular complexity index is 634. The summed E-state index contributed by atoms with van der Waals surface area (Å²) in [5.41, 5.74) is 9.24. The van der Waals surface area contributed by atoms with Gasteiger partial charge in [-0.25, -0.2) is 0 Å². The molecular formula is C19H24N2O2. The third-order valence-corrected chi connectivity index (χ3v) is 4.26. The molecule has 0 atom stereocenters. The number of methoxy groups -OCH3 is 1. The number of anilines is 2. The van der Waals surface area contributed by atoms with Crippen LogP contribution in [0.3, 0.4) is 0 Å². The molecule has 0 unspecified atom stereocenters. The van der Waals surface area contributed by atoms with Gasteiger partial charge in [0, 0.05) is 19.2 Å². The molecule has 4 heteroatoms. The van der Waals surface area contributed by atoms with Crippen molar-refractivity contribution in [3.8, 4) is 11.5 Å². The van der Waals surface area contributed by atoms with Crippen molar-refractivity contribution < 1.29 is 9.47 Å². The Kier molecular flexibility index (Phi) is 4.91. The van der Waals surface area contributed by atoms with Crippen molar-refractivity contribution in [3.05, 3.63) is 48.0 Å². The van der Waals surface area contributed by atoms with Gasteiger partial charge in [-0.15, -0.1) is 0 Å². The van der Waals surface area contributed by atoms with Gasteiger partial charge in [0.15, 0.2) is 0 Å². The van der Waals surface area contributed by atoms with Crippen LogP contribution in [0.1, 0.15) is 24.8 Å². The van der Waals surface area contributed by atoms with Crippen molar-refractivity contribution in [3.63, 3.8) is 0 Å². The number of benzene rings is 2. The molecule has 4 nitrogen and oxygen atoms in total. The first-order valence-corrected chi connectivity index (χ1v) is 8.16. The van der Waals surface area contributed by atoms with E-state index in [-0.39, 0.29) is 0 Å². The number of nitrogen functional groups attached to an aromatic ring is 1. The average molecular weight is 312 g/mol. The van der Waals surface area contributed by atoms with E-state index >= 15 is 0 Å². The summed E-state index contributed by atoms with van der Waals surface area (Å²) in [4.78, 5) is 2.37. The van der Waals surface area contributed by atoms with E-state index in [1.807, 2.05) is 36.4 Å². The highest BCUT2D eigenvalue weighted by molar-refractivity contribution is 5.69. The number of piperidine rings is 1. The Balaban J connectivity index is 1.62. The highest BCUT2D eigenvalue weighted by Crippen LogP contribution is 2.30. The third-order valence-electron chi connectivity index (χ3n) is 4.26. The van der Waals surface area contributed by atoms with E-state index < -0.39 is 0 Å². The number of ether oxygens (including phenoxy) is 2. The zero-order valence-electron chi connectivity index (χ0n) is 13.6. The van der Waals surface area contributed by atoms with Crippen LogP contribution in [0.2, 0.25) is 0 Å². The fraction of sp³-hybridized carbons (Fsp3) is 0.368. The van der Waals surface area contributed by atoms with E-state index in [4.69, 9.17) is 15.2 Å². The van der Waals surface area contributed by atoms with E-state index in [0.717, 1.165) is 41.5 Å². The maximum absolute atomic E-state index is 6.22. The molecule has 0 radical (unpaired) electrons. The number of nitrogens with two attached hydrogens (primary N) is 1. The molecule has 1 fully saturated rings. The standard InChI is InChI=1S/C19H24N2O2/c1-22-16-7-5-15(6-8-16)14-23-17-9-10-19(18(20)13-17)21-11-3-2-4-12-21/h5-10,13H,2-4,11-12,14,20H2,1H3. The lowest BCUT2D eigenvalue weighted by molar-refractivity contribution is 0.306. The molecule has 3 rings (SSSR count). The zero-order valence-corrected chi connectivity index (χ0v) is 13.6. The zero-order chi connectivity index (χ0) is 16.1. The van der Waals surface area contributed by atoms with Crippen LogP contribution in [0.5, 0.6) is 11.5 Å². The van der Waals surface area contributed by atoms with E-state index in [1.54, 1.807) is 7.11 Å². The lowest BCUT2D eigenvalue weighted by Gasteiger charge is -2.30. The van der Waals surface area contributed by atoms with Gasteiger partial charge in [-0.3, -0.25) is 0 Å². The Labute approximate surface area is 137 Å². The Morgan fingerprint density at radius 2 is 1.65 bits per heavy atom. The lowest BCUT2D eigenvalue weighted by atomic mass is 10.1. The monoisotopic (exact) mass is 312 g/mol. The normalized spacial score (nSPS) is 14.6. The maximum Gasteiger partial charge on any atom is 0.122 e. The molecule has 1 saturated heterocycles. The fourth-order valence-corrected chi connectivity index (χ4v) is 2.93. The summed E-state index contributed by atoms with van der Waals surface area (Å²) in [6.07, 6.45) is 3.81. The van der Waals surface area contributed by atoms with Crippen molar-refractivity contribution in [1.82, 2.24) is 0 Å². The quantitative estimate of drug-likeness (QED) is 0.852. The van der Waals surface area contributed by atoms with Crippen molar-refractivity contribution in [2.45, 2.75) is 25.9 Å². The average Bonchev–Trinajstić information content (AvgIpc) is 2.61. The first-order valence-electron chi connectivity index (χ1n) is 8.16. The second kappa shape index (κ2) is 7.27. The van der Waals surface area contributed by atoms with E-state index in [2.05, 4.69) is 11.0 Å². The van der Waals surface area contributed by atoms with Crippen molar-refractivity contribution in [2.24, 2.45) is 0 Å². The van der Waals surface area contributed by atoms with Crippen LogP contribution in [0.15, 0.2) is 42.5 Å². The largest absolute Gasteiger partial charge is 0.497 e. The van der Waals surface area contributed by atoms with Crippen LogP contribution in [0.25, 0.3) is 0 Å². The summed E-state index contributed by atoms with van der Waals surface area (Å²) in [5.74, 6) is 1.66. The molecule has 2 aromatic rings. The van der Waals surface area contributed by atoms with Crippen LogP contribution in [-0.2, 0) is 6.61 Å². The van der Waals surface area contributed by atoms with E-state index in [0.29, 0.717) is 6.61 Å². The second-order valence-corrected chi connectivity index (χ2v) is 5.91. The van der Waals surface area contributed by atoms with Gasteiger partial charge in [0.1, 0.15) is 18.1 Å². The van der Waals surface area contributed by atoms with Gasteiger partial charge >= 0.3 is 0 Å². The molecule has 2 aromatic carbocycles. The summed E-state index contributed by atoms with van der Waals surface area (Å²) in [7, 11) is 1.66. The number of hydrogen-bond acceptors (Lipinski definition) is 4. The summed E-state index contributed by atoms with van der Waals surface area (Å²) >= 11 is 0. The topological polar surface area (TPSA) is 47.7 Å². The molecular weight excluding hydrogens is 288 g/mol. The van der Waals surface area contributed by atoms with Gasteiger partial charge in [-0.05, 0) is 49.1 Å². The summed E-state index contributed by atoms with van der Waals surface area (Å²) in [6, 6.07) is 13.9. The Hall–Kier alpha value is -2.36. The maximum atomic E-state index is 6.22. The molecule has 0 aromatic heterocycles.